The van der Waals surface area contributed by atoms with Gasteiger partial charge in [0.25, 0.3) is 0 Å². The zero-order valence-electron chi connectivity index (χ0n) is 20.0. The molecule has 31 heavy (non-hydrogen) atoms. The summed E-state index contributed by atoms with van der Waals surface area (Å²) in [4.78, 5) is 14.9. The van der Waals surface area contributed by atoms with Crippen molar-refractivity contribution in [3.05, 3.63) is 41.3 Å². The molecule has 0 spiro atoms. The van der Waals surface area contributed by atoms with Crippen molar-refractivity contribution in [1.29, 1.82) is 0 Å². The predicted octanol–water partition coefficient (Wildman–Crippen LogP) is 10.2. The molecule has 3 rings (SSSR count). The monoisotopic (exact) mass is 580 g/mol. The molecule has 3 aromatic heterocycles. The Bertz CT molecular complexity index is 894. The molecule has 3 aromatic rings. The standard InChI is InChI=1S/C24H31S3.3CH3.Sn/c1-2-3-4-5-6-7-8-9-10-11-13-20-15-16-23(26-20)24-18-17-22(27-24)21-14-12-19-25-21;;;;/h12,14-18H,2-11,13H2,1H3;3*1H3;. The molecule has 170 valence electrons. The fraction of sp³-hybridized carbons (Fsp3) is 0.556. The maximum atomic E-state index is 2.51. The van der Waals surface area contributed by atoms with Gasteiger partial charge in [0.05, 0.1) is 0 Å². The van der Waals surface area contributed by atoms with E-state index in [0.29, 0.717) is 0 Å². The molecule has 0 aliphatic carbocycles. The summed E-state index contributed by atoms with van der Waals surface area (Å²) in [5, 5.41) is 0. The average Bonchev–Trinajstić information content (AvgIpc) is 3.48. The Morgan fingerprint density at radius 1 is 0.548 bits per heavy atom. The Kier molecular flexibility index (Phi) is 10.7. The number of hydrogen-bond acceptors (Lipinski definition) is 3. The zero-order chi connectivity index (χ0) is 22.1. The van der Waals surface area contributed by atoms with Gasteiger partial charge >= 0.3 is 150 Å². The summed E-state index contributed by atoms with van der Waals surface area (Å²) in [5.41, 5.74) is 0. The SMILES string of the molecule is CCCCCCCCCCCCc1ccc(-c2ccc(-c3cc[c]([Sn]([CH3])([CH3])[CH3])s3)s2)s1. The Morgan fingerprint density at radius 3 is 1.61 bits per heavy atom. The zero-order valence-corrected chi connectivity index (χ0v) is 25.3. The van der Waals surface area contributed by atoms with E-state index in [-0.39, 0.29) is 0 Å². The number of thiophene rings is 3. The Morgan fingerprint density at radius 2 is 1.03 bits per heavy atom. The summed E-state index contributed by atoms with van der Waals surface area (Å²) in [6, 6.07) is 14.1. The van der Waals surface area contributed by atoms with E-state index in [0.717, 1.165) is 0 Å². The van der Waals surface area contributed by atoms with Gasteiger partial charge < -0.3 is 0 Å². The minimum atomic E-state index is -1.94. The molecule has 0 N–H and O–H groups in total. The van der Waals surface area contributed by atoms with Crippen LogP contribution < -0.4 is 2.89 Å². The van der Waals surface area contributed by atoms with Crippen molar-refractivity contribution in [2.75, 3.05) is 0 Å². The fourth-order valence-electron chi connectivity index (χ4n) is 3.91. The van der Waals surface area contributed by atoms with Gasteiger partial charge in [0.15, 0.2) is 0 Å². The molecule has 3 heterocycles. The van der Waals surface area contributed by atoms with Gasteiger partial charge in [0.1, 0.15) is 0 Å². The molecule has 0 aromatic carbocycles. The molecule has 0 atom stereocenters. The van der Waals surface area contributed by atoms with Gasteiger partial charge in [-0.3, -0.25) is 0 Å². The molecule has 0 aliphatic heterocycles. The summed E-state index contributed by atoms with van der Waals surface area (Å²) >= 11 is 4.07. The molecule has 0 saturated heterocycles. The Balaban J connectivity index is 1.41. The molecule has 0 fully saturated rings. The molecule has 0 saturated carbocycles. The average molecular weight is 580 g/mol. The van der Waals surface area contributed by atoms with Crippen LogP contribution in [0, 0.1) is 0 Å². The quantitative estimate of drug-likeness (QED) is 0.132. The van der Waals surface area contributed by atoms with Crippen molar-refractivity contribution in [3.63, 3.8) is 0 Å². The van der Waals surface area contributed by atoms with Crippen molar-refractivity contribution < 1.29 is 0 Å². The van der Waals surface area contributed by atoms with Crippen LogP contribution in [0.4, 0.5) is 0 Å². The summed E-state index contributed by atoms with van der Waals surface area (Å²) < 4.78 is 1.68. The summed E-state index contributed by atoms with van der Waals surface area (Å²) in [7, 11) is 0. The first-order chi connectivity index (χ1) is 15.0. The minimum absolute atomic E-state index is 1.26. The van der Waals surface area contributed by atoms with Crippen LogP contribution in [0.2, 0.25) is 14.8 Å². The molecular weight excluding hydrogens is 539 g/mol. The topological polar surface area (TPSA) is 0 Å². The first-order valence-corrected chi connectivity index (χ1v) is 24.7. The first kappa shape index (κ1) is 25.5. The molecular formula is C27H40S3Sn. The first-order valence-electron chi connectivity index (χ1n) is 12.3. The van der Waals surface area contributed by atoms with Gasteiger partial charge in [-0.1, -0.05) is 58.3 Å². The van der Waals surface area contributed by atoms with Crippen LogP contribution in [0.3, 0.4) is 0 Å². The molecule has 0 radical (unpaired) electrons. The number of rotatable bonds is 14. The van der Waals surface area contributed by atoms with Gasteiger partial charge in [0.2, 0.25) is 0 Å². The molecule has 0 unspecified atom stereocenters. The van der Waals surface area contributed by atoms with Crippen molar-refractivity contribution in [2.45, 2.75) is 92.4 Å². The van der Waals surface area contributed by atoms with E-state index in [1.807, 2.05) is 34.0 Å². The van der Waals surface area contributed by atoms with Gasteiger partial charge in [-0.25, -0.2) is 0 Å². The van der Waals surface area contributed by atoms with E-state index in [1.54, 1.807) is 7.77 Å². The molecule has 0 aliphatic rings. The number of aryl methyl sites for hydroxylation is 1. The van der Waals surface area contributed by atoms with Crippen LogP contribution in [0.15, 0.2) is 36.4 Å². The maximum absolute atomic E-state index is 2.51. The Labute approximate surface area is 207 Å². The number of unbranched alkanes of at least 4 members (excludes halogenated alkanes) is 9. The second kappa shape index (κ2) is 13.0. The second-order valence-electron chi connectivity index (χ2n) is 9.78. The third-order valence-electron chi connectivity index (χ3n) is 5.88. The Hall–Kier alpha value is -0.101. The van der Waals surface area contributed by atoms with Crippen molar-refractivity contribution >= 4 is 55.3 Å². The van der Waals surface area contributed by atoms with E-state index in [1.165, 1.54) is 90.1 Å². The van der Waals surface area contributed by atoms with Crippen LogP contribution in [0.1, 0.15) is 76.0 Å². The third-order valence-corrected chi connectivity index (χ3v) is 19.1. The van der Waals surface area contributed by atoms with Crippen LogP contribution in [-0.2, 0) is 6.42 Å². The molecule has 0 bridgehead atoms. The fourth-order valence-corrected chi connectivity index (χ4v) is 12.4. The van der Waals surface area contributed by atoms with Gasteiger partial charge in [0, 0.05) is 0 Å². The van der Waals surface area contributed by atoms with Crippen molar-refractivity contribution in [1.82, 2.24) is 0 Å². The normalized spacial score (nSPS) is 12.0. The second-order valence-corrected chi connectivity index (χ2v) is 28.5. The van der Waals surface area contributed by atoms with E-state index < -0.39 is 18.4 Å². The molecule has 4 heteroatoms. The van der Waals surface area contributed by atoms with Crippen LogP contribution in [0.5, 0.6) is 0 Å². The van der Waals surface area contributed by atoms with Crippen LogP contribution >= 0.6 is 34.0 Å². The van der Waals surface area contributed by atoms with E-state index >= 15 is 0 Å². The summed E-state index contributed by atoms with van der Waals surface area (Å²) in [5.74, 6) is 0. The van der Waals surface area contributed by atoms with Gasteiger partial charge in [-0.2, -0.15) is 0 Å². The van der Waals surface area contributed by atoms with Crippen molar-refractivity contribution in [3.8, 4) is 19.5 Å². The number of hydrogen-bond donors (Lipinski definition) is 0. The van der Waals surface area contributed by atoms with Crippen molar-refractivity contribution in [2.24, 2.45) is 0 Å². The van der Waals surface area contributed by atoms with Crippen LogP contribution in [0.25, 0.3) is 19.5 Å². The molecule has 0 nitrogen and oxygen atoms in total. The van der Waals surface area contributed by atoms with Crippen LogP contribution in [-0.4, -0.2) is 18.4 Å². The van der Waals surface area contributed by atoms with Gasteiger partial charge in [-0.15, -0.1) is 0 Å². The summed E-state index contributed by atoms with van der Waals surface area (Å²) in [6.07, 6.45) is 15.4. The van der Waals surface area contributed by atoms with Gasteiger partial charge in [-0.05, 0) is 0 Å². The summed E-state index contributed by atoms with van der Waals surface area (Å²) in [6.45, 7) is 2.30. The van der Waals surface area contributed by atoms with E-state index in [4.69, 9.17) is 0 Å². The predicted molar refractivity (Wildman–Crippen MR) is 149 cm³/mol. The third kappa shape index (κ3) is 8.32. The molecule has 0 amide bonds. The van der Waals surface area contributed by atoms with E-state index in [9.17, 15) is 0 Å². The van der Waals surface area contributed by atoms with E-state index in [2.05, 4.69) is 58.1 Å².